The van der Waals surface area contributed by atoms with Crippen molar-refractivity contribution < 1.29 is 44.1 Å². The van der Waals surface area contributed by atoms with E-state index in [1.165, 1.54) is 188 Å². The van der Waals surface area contributed by atoms with Crippen LogP contribution in [0.25, 0.3) is 0 Å². The molecule has 0 aliphatic rings. The van der Waals surface area contributed by atoms with Gasteiger partial charge in [0.15, 0.2) is 0 Å². The van der Waals surface area contributed by atoms with Gasteiger partial charge in [-0.3, -0.25) is 33.7 Å². The van der Waals surface area contributed by atoms with E-state index in [0.29, 0.717) is 36.9 Å². The number of amides is 6. The fourth-order valence-corrected chi connectivity index (χ4v) is 18.1. The minimum absolute atomic E-state index is 0.0312. The van der Waals surface area contributed by atoms with Crippen molar-refractivity contribution in [2.45, 2.75) is 292 Å². The number of carbonyl (C=O) groups is 6. The summed E-state index contributed by atoms with van der Waals surface area (Å²) in [7, 11) is 10.4. The lowest BCUT2D eigenvalue weighted by Gasteiger charge is -2.34. The van der Waals surface area contributed by atoms with Crippen molar-refractivity contribution >= 4 is 100 Å². The number of nitrogens with zero attached hydrogens (tertiary/aromatic N) is 4. The average Bonchev–Trinajstić information content (AvgIpc) is 1.00. The van der Waals surface area contributed by atoms with E-state index in [1.807, 2.05) is 46.4 Å². The fraction of sp³-hybridized carbons (Fsp3) is 0.917. The Hall–Kier alpha value is -1.24. The van der Waals surface area contributed by atoms with Crippen LogP contribution in [-0.2, 0) is 28.8 Å². The van der Waals surface area contributed by atoms with Crippen LogP contribution in [0.3, 0.4) is 0 Å². The Morgan fingerprint density at radius 2 is 0.500 bits per heavy atom. The van der Waals surface area contributed by atoms with Crippen LogP contribution in [0.1, 0.15) is 274 Å². The molecular formula is C72H141N7O9S6. The molecule has 0 fully saturated rings. The summed E-state index contributed by atoms with van der Waals surface area (Å²) in [6, 6.07) is -2.45. The Bertz CT molecular complexity index is 1640. The third-order valence-electron chi connectivity index (χ3n) is 17.1. The lowest BCUT2D eigenvalue weighted by molar-refractivity contribution is -0.142. The molecule has 0 aliphatic heterocycles. The van der Waals surface area contributed by atoms with Gasteiger partial charge >= 0.3 is 0 Å². The first kappa shape index (κ1) is 92.8. The predicted octanol–water partition coefficient (Wildman–Crippen LogP) is 15.3. The monoisotopic (exact) mass is 1440 g/mol. The van der Waals surface area contributed by atoms with E-state index in [4.69, 9.17) is 0 Å². The molecule has 3 atom stereocenters. The van der Waals surface area contributed by atoms with Gasteiger partial charge in [-0.15, -0.1) is 0 Å². The molecule has 6 N–H and O–H groups in total. The Morgan fingerprint density at radius 1 is 0.298 bits per heavy atom. The molecular weight excluding hydrogens is 1300 g/mol. The van der Waals surface area contributed by atoms with E-state index in [-0.39, 0.29) is 132 Å². The molecule has 0 aromatic heterocycles. The van der Waals surface area contributed by atoms with Gasteiger partial charge in [-0.2, -0.15) is 0 Å². The maximum atomic E-state index is 14.2. The van der Waals surface area contributed by atoms with Crippen molar-refractivity contribution in [1.82, 2.24) is 35.6 Å². The zero-order valence-corrected chi connectivity index (χ0v) is 66.0. The molecule has 0 saturated carbocycles. The molecule has 0 rings (SSSR count). The Kier molecular flexibility index (Phi) is 65.4. The van der Waals surface area contributed by atoms with Gasteiger partial charge in [-0.1, -0.05) is 300 Å². The van der Waals surface area contributed by atoms with Crippen molar-refractivity contribution in [3.8, 4) is 0 Å². The second-order valence-electron chi connectivity index (χ2n) is 26.4. The molecule has 554 valence electrons. The summed E-state index contributed by atoms with van der Waals surface area (Å²) in [5.41, 5.74) is 0. The largest absolute Gasteiger partial charge is 0.395 e. The summed E-state index contributed by atoms with van der Waals surface area (Å²) in [5.74, 6) is 2.63. The molecule has 6 amide bonds. The first-order valence-electron chi connectivity index (χ1n) is 37.6. The van der Waals surface area contributed by atoms with Gasteiger partial charge in [-0.05, 0) is 37.0 Å². The van der Waals surface area contributed by atoms with Gasteiger partial charge in [0.1, 0.15) is 18.1 Å². The normalized spacial score (nSPS) is 12.6. The van der Waals surface area contributed by atoms with Crippen molar-refractivity contribution in [2.24, 2.45) is 17.8 Å². The number of carbonyl (C=O) groups excluding carboxylic acids is 6. The second-order valence-corrected chi connectivity index (χ2v) is 34.5. The highest BCUT2D eigenvalue weighted by Gasteiger charge is 2.35. The topological polar surface area (TPSA) is 212 Å². The van der Waals surface area contributed by atoms with E-state index in [2.05, 4.69) is 36.7 Å². The minimum atomic E-state index is -0.815. The number of aliphatic hydroxyl groups excluding tert-OH is 3. The van der Waals surface area contributed by atoms with Crippen molar-refractivity contribution in [3.05, 3.63) is 0 Å². The molecule has 0 aromatic carbocycles. The lowest BCUT2D eigenvalue weighted by atomic mass is 10.0. The smallest absolute Gasteiger partial charge is 0.243 e. The Morgan fingerprint density at radius 3 is 0.702 bits per heavy atom. The summed E-state index contributed by atoms with van der Waals surface area (Å²) in [5, 5.41) is 39.6. The predicted molar refractivity (Wildman–Crippen MR) is 412 cm³/mol. The van der Waals surface area contributed by atoms with Crippen LogP contribution in [0.2, 0.25) is 0 Å². The van der Waals surface area contributed by atoms with Crippen LogP contribution < -0.4 is 16.0 Å². The zero-order chi connectivity index (χ0) is 69.7. The highest BCUT2D eigenvalue weighted by atomic mass is 33.1. The van der Waals surface area contributed by atoms with Crippen molar-refractivity contribution in [2.75, 3.05) is 113 Å². The summed E-state index contributed by atoms with van der Waals surface area (Å²) in [6.07, 6.45) is 39.5. The maximum absolute atomic E-state index is 14.2. The number of hydrogen-bond acceptors (Lipinski definition) is 16. The maximum Gasteiger partial charge on any atom is 0.243 e. The van der Waals surface area contributed by atoms with Crippen LogP contribution in [0.4, 0.5) is 0 Å². The molecule has 94 heavy (non-hydrogen) atoms. The van der Waals surface area contributed by atoms with Gasteiger partial charge < -0.3 is 46.0 Å². The van der Waals surface area contributed by atoms with Crippen LogP contribution in [0, 0.1) is 17.8 Å². The fourth-order valence-electron chi connectivity index (χ4n) is 11.8. The number of rotatable bonds is 69. The summed E-state index contributed by atoms with van der Waals surface area (Å²) < 4.78 is 0. The molecule has 3 unspecified atom stereocenters. The van der Waals surface area contributed by atoms with Crippen LogP contribution in [0.5, 0.6) is 0 Å². The van der Waals surface area contributed by atoms with Crippen molar-refractivity contribution in [1.29, 1.82) is 0 Å². The summed E-state index contributed by atoms with van der Waals surface area (Å²) >= 11 is 0. The second kappa shape index (κ2) is 66.3. The minimum Gasteiger partial charge on any atom is -0.395 e. The molecule has 0 aromatic rings. The van der Waals surface area contributed by atoms with E-state index < -0.39 is 18.1 Å². The van der Waals surface area contributed by atoms with Gasteiger partial charge in [0.2, 0.25) is 35.4 Å². The Labute approximate surface area is 599 Å². The van der Waals surface area contributed by atoms with Crippen LogP contribution in [0.15, 0.2) is 0 Å². The van der Waals surface area contributed by atoms with Gasteiger partial charge in [0.25, 0.3) is 0 Å². The molecule has 0 spiro atoms. The molecule has 0 bridgehead atoms. The summed E-state index contributed by atoms with van der Waals surface area (Å²) in [6.45, 7) is 18.9. The molecule has 0 radical (unpaired) electrons. The Balaban J connectivity index is 5.96. The third kappa shape index (κ3) is 49.3. The zero-order valence-electron chi connectivity index (χ0n) is 61.1. The standard InChI is InChI=1S/C72H141N7O9S6/c1-10-13-16-19-22-25-28-31-34-37-55-89-92-58-40-64(83)77(49-52-80)67(61(4)5)70(86)73-43-46-76(47-44-74-71(87)68(62(6)7)78(50-53-81)65(84)41-59-93-90-56-38-35-32-29-26-23-20-17-14-11-2)48-45-75-72(88)69(63(8)9)79(51-54-82)66(85)42-60-94-91-57-39-36-33-30-27-24-21-18-15-12-3/h61-63,67-69,80-82H,10-60H2,1-9H3,(H,73,86)(H,74,87)(H,75,88). The van der Waals surface area contributed by atoms with E-state index >= 15 is 0 Å². The first-order chi connectivity index (χ1) is 45.6. The van der Waals surface area contributed by atoms with Gasteiger partial charge in [0, 0.05) is 113 Å². The molecule has 22 heteroatoms. The molecule has 0 aliphatic carbocycles. The SMILES string of the molecule is CCCCCCCCCCCCSSCCC(=O)N(CCO)C(C(=O)NCCN(CCNC(=O)C(C(C)C)N(CCO)C(=O)CCSSCCCCCCCCCCCC)CCNC(=O)C(C(C)C)N(CCO)C(=O)CCSSCCCCCCCCCCCC)C(C)C. The van der Waals surface area contributed by atoms with Crippen molar-refractivity contribution in [3.63, 3.8) is 0 Å². The lowest BCUT2D eigenvalue weighted by Crippen LogP contribution is -2.55. The average molecular weight is 1440 g/mol. The van der Waals surface area contributed by atoms with E-state index in [1.54, 1.807) is 64.8 Å². The third-order valence-corrected chi connectivity index (χ3v) is 24.5. The van der Waals surface area contributed by atoms with Crippen LogP contribution in [-0.4, -0.2) is 202 Å². The number of aliphatic hydroxyl groups is 3. The van der Waals surface area contributed by atoms with E-state index in [0.717, 1.165) is 36.5 Å². The highest BCUT2D eigenvalue weighted by molar-refractivity contribution is 8.77. The van der Waals surface area contributed by atoms with E-state index in [9.17, 15) is 44.1 Å². The number of nitrogens with one attached hydrogen (secondary N) is 3. The van der Waals surface area contributed by atoms with Crippen LogP contribution >= 0.6 is 64.8 Å². The van der Waals surface area contributed by atoms with Gasteiger partial charge in [0.05, 0.1) is 19.8 Å². The molecule has 0 saturated heterocycles. The molecule has 0 heterocycles. The summed E-state index contributed by atoms with van der Waals surface area (Å²) in [4.78, 5) is 90.5. The number of hydrogen-bond donors (Lipinski definition) is 6. The molecule has 16 nitrogen and oxygen atoms in total. The van der Waals surface area contributed by atoms with Gasteiger partial charge in [-0.25, -0.2) is 0 Å². The first-order valence-corrected chi connectivity index (χ1v) is 45.0. The quantitative estimate of drug-likeness (QED) is 0.0247. The number of unbranched alkanes of at least 4 members (excludes halogenated alkanes) is 27. The highest BCUT2D eigenvalue weighted by Crippen LogP contribution is 2.28.